The third kappa shape index (κ3) is 3.27. The normalized spacial score (nSPS) is 18.4. The molecule has 0 saturated carbocycles. The molecule has 1 fully saturated rings. The van der Waals surface area contributed by atoms with Gasteiger partial charge in [-0.2, -0.15) is 0 Å². The highest BCUT2D eigenvalue weighted by Gasteiger charge is 2.47. The zero-order chi connectivity index (χ0) is 17.4. The topological polar surface area (TPSA) is 74.2 Å². The fourth-order valence-electron chi connectivity index (χ4n) is 1.87. The first-order valence-corrected chi connectivity index (χ1v) is 6.38. The summed E-state index contributed by atoms with van der Waals surface area (Å²) in [7, 11) is 1.07. The molecule has 0 atom stereocenters. The molecule has 124 valence electrons. The predicted octanol–water partition coefficient (Wildman–Crippen LogP) is 2.23. The maximum atomic E-state index is 13.6. The number of carbonyl (C=O) groups is 2. The van der Waals surface area contributed by atoms with E-state index in [1.165, 1.54) is 13.8 Å². The minimum absolute atomic E-state index is 0.569. The molecule has 1 saturated heterocycles. The highest BCUT2D eigenvalue weighted by molar-refractivity contribution is 6.15. The number of halogens is 3. The molecule has 0 unspecified atom stereocenters. The van der Waals surface area contributed by atoms with Crippen LogP contribution in [0.15, 0.2) is 17.1 Å². The Hall–Kier alpha value is -2.58. The van der Waals surface area contributed by atoms with E-state index in [0.717, 1.165) is 13.2 Å². The number of aliphatic imine (C=N–C) groups is 1. The number of hydrogen-bond acceptors (Lipinski definition) is 6. The quantitative estimate of drug-likeness (QED) is 0.273. The Kier molecular flexibility index (Phi) is 4.31. The van der Waals surface area contributed by atoms with E-state index in [1.54, 1.807) is 0 Å². The van der Waals surface area contributed by atoms with Gasteiger partial charge in [0.15, 0.2) is 17.5 Å². The lowest BCUT2D eigenvalue weighted by Gasteiger charge is -2.32. The number of rotatable bonds is 2. The van der Waals surface area contributed by atoms with Crippen LogP contribution in [0.3, 0.4) is 0 Å². The summed E-state index contributed by atoms with van der Waals surface area (Å²) in [6.07, 6.45) is 0. The average Bonchev–Trinajstić information content (AvgIpc) is 2.44. The van der Waals surface area contributed by atoms with Gasteiger partial charge >= 0.3 is 11.9 Å². The van der Waals surface area contributed by atoms with E-state index in [1.807, 2.05) is 0 Å². The molecule has 2 rings (SSSR count). The van der Waals surface area contributed by atoms with Gasteiger partial charge in [0.05, 0.1) is 7.11 Å². The maximum Gasteiger partial charge on any atom is 0.333 e. The third-order valence-electron chi connectivity index (χ3n) is 2.87. The van der Waals surface area contributed by atoms with Gasteiger partial charge in [-0.25, -0.2) is 18.2 Å². The van der Waals surface area contributed by atoms with Crippen molar-refractivity contribution in [2.24, 2.45) is 10.9 Å². The third-order valence-corrected chi connectivity index (χ3v) is 2.87. The number of cyclic esters (lactones) is 2. The van der Waals surface area contributed by atoms with Crippen molar-refractivity contribution in [3.63, 3.8) is 0 Å². The van der Waals surface area contributed by atoms with Crippen LogP contribution < -0.4 is 0 Å². The Labute approximate surface area is 128 Å². The van der Waals surface area contributed by atoms with Crippen molar-refractivity contribution in [3.05, 3.63) is 29.6 Å². The SMILES string of the molecule is COC(=Nc1ccc(F)c(F)c1F)C1C(=O)OC(C)(C)OC1=O. The number of nitrogens with zero attached hydrogens (tertiary/aromatic N) is 1. The summed E-state index contributed by atoms with van der Waals surface area (Å²) in [5.41, 5.74) is -0.647. The number of esters is 2. The molecule has 0 aromatic heterocycles. The van der Waals surface area contributed by atoms with Crippen molar-refractivity contribution in [1.82, 2.24) is 0 Å². The first kappa shape index (κ1) is 16.8. The van der Waals surface area contributed by atoms with E-state index in [2.05, 4.69) is 4.99 Å². The van der Waals surface area contributed by atoms with Crippen LogP contribution in [0.25, 0.3) is 0 Å². The Bertz CT molecular complexity index is 682. The Balaban J connectivity index is 2.42. The standard InChI is InChI=1S/C14H12F3NO5/c1-14(2)22-12(19)8(13(20)23-14)11(21-3)18-7-5-4-6(15)9(16)10(7)17/h4-5,8H,1-3H3. The van der Waals surface area contributed by atoms with Crippen LogP contribution in [0.2, 0.25) is 0 Å². The Morgan fingerprint density at radius 1 is 1.13 bits per heavy atom. The molecule has 1 heterocycles. The van der Waals surface area contributed by atoms with Crippen LogP contribution in [-0.2, 0) is 23.8 Å². The van der Waals surface area contributed by atoms with Crippen LogP contribution in [0.5, 0.6) is 0 Å². The number of ether oxygens (including phenoxy) is 3. The largest absolute Gasteiger partial charge is 0.483 e. The van der Waals surface area contributed by atoms with Crippen LogP contribution in [0.4, 0.5) is 18.9 Å². The maximum absolute atomic E-state index is 13.6. The van der Waals surface area contributed by atoms with Gasteiger partial charge in [-0.3, -0.25) is 9.59 Å². The van der Waals surface area contributed by atoms with E-state index in [9.17, 15) is 22.8 Å². The van der Waals surface area contributed by atoms with Crippen molar-refractivity contribution in [1.29, 1.82) is 0 Å². The highest BCUT2D eigenvalue weighted by atomic mass is 19.2. The Morgan fingerprint density at radius 2 is 1.70 bits per heavy atom. The van der Waals surface area contributed by atoms with Gasteiger partial charge in [-0.05, 0) is 12.1 Å². The van der Waals surface area contributed by atoms with Crippen molar-refractivity contribution < 1.29 is 37.0 Å². The van der Waals surface area contributed by atoms with Gasteiger partial charge in [0.25, 0.3) is 5.79 Å². The van der Waals surface area contributed by atoms with Crippen molar-refractivity contribution in [3.8, 4) is 0 Å². The molecule has 6 nitrogen and oxygen atoms in total. The van der Waals surface area contributed by atoms with Crippen molar-refractivity contribution in [2.75, 3.05) is 7.11 Å². The van der Waals surface area contributed by atoms with Crippen LogP contribution in [-0.4, -0.2) is 30.7 Å². The minimum atomic E-state index is -1.74. The van der Waals surface area contributed by atoms with Gasteiger partial charge in [-0.15, -0.1) is 0 Å². The molecule has 0 N–H and O–H groups in total. The van der Waals surface area contributed by atoms with E-state index < -0.39 is 52.7 Å². The smallest absolute Gasteiger partial charge is 0.333 e. The fourth-order valence-corrected chi connectivity index (χ4v) is 1.87. The molecule has 0 bridgehead atoms. The summed E-state index contributed by atoms with van der Waals surface area (Å²) in [5.74, 6) is -10.5. The molecular formula is C14H12F3NO5. The van der Waals surface area contributed by atoms with Crippen LogP contribution >= 0.6 is 0 Å². The molecule has 1 aromatic carbocycles. The molecule has 1 aliphatic rings. The van der Waals surface area contributed by atoms with Gasteiger partial charge in [-0.1, -0.05) is 0 Å². The molecule has 0 aliphatic carbocycles. The average molecular weight is 331 g/mol. The first-order valence-electron chi connectivity index (χ1n) is 6.38. The van der Waals surface area contributed by atoms with Crippen LogP contribution in [0, 0.1) is 23.4 Å². The summed E-state index contributed by atoms with van der Waals surface area (Å²) in [4.78, 5) is 27.4. The number of hydrogen-bond donors (Lipinski definition) is 0. The molecule has 1 aliphatic heterocycles. The molecule has 0 amide bonds. The summed E-state index contributed by atoms with van der Waals surface area (Å²) in [5, 5.41) is 0. The molecular weight excluding hydrogens is 319 g/mol. The first-order chi connectivity index (χ1) is 10.7. The second-order valence-electron chi connectivity index (χ2n) is 5.02. The molecule has 23 heavy (non-hydrogen) atoms. The van der Waals surface area contributed by atoms with Crippen molar-refractivity contribution in [2.45, 2.75) is 19.6 Å². The summed E-state index contributed by atoms with van der Waals surface area (Å²) in [6.45, 7) is 2.69. The molecule has 1 aromatic rings. The van der Waals surface area contributed by atoms with Gasteiger partial charge in [0.1, 0.15) is 5.69 Å². The summed E-state index contributed by atoms with van der Waals surface area (Å²) < 4.78 is 54.3. The lowest BCUT2D eigenvalue weighted by Crippen LogP contribution is -2.49. The lowest BCUT2D eigenvalue weighted by molar-refractivity contribution is -0.236. The summed E-state index contributed by atoms with van der Waals surface area (Å²) in [6, 6.07) is 1.47. The van der Waals surface area contributed by atoms with Crippen molar-refractivity contribution >= 4 is 23.5 Å². The van der Waals surface area contributed by atoms with E-state index >= 15 is 0 Å². The highest BCUT2D eigenvalue weighted by Crippen LogP contribution is 2.27. The lowest BCUT2D eigenvalue weighted by atomic mass is 10.1. The number of methoxy groups -OCH3 is 1. The second kappa shape index (κ2) is 5.90. The summed E-state index contributed by atoms with van der Waals surface area (Å²) >= 11 is 0. The zero-order valence-corrected chi connectivity index (χ0v) is 12.4. The Morgan fingerprint density at radius 3 is 2.22 bits per heavy atom. The van der Waals surface area contributed by atoms with Gasteiger partial charge in [0, 0.05) is 13.8 Å². The van der Waals surface area contributed by atoms with Gasteiger partial charge < -0.3 is 14.2 Å². The number of carbonyl (C=O) groups excluding carboxylic acids is 2. The fraction of sp³-hybridized carbons (Fsp3) is 0.357. The number of benzene rings is 1. The van der Waals surface area contributed by atoms with E-state index in [4.69, 9.17) is 14.2 Å². The molecule has 0 radical (unpaired) electrons. The zero-order valence-electron chi connectivity index (χ0n) is 12.4. The van der Waals surface area contributed by atoms with E-state index in [0.29, 0.717) is 6.07 Å². The molecule has 9 heteroatoms. The van der Waals surface area contributed by atoms with Crippen LogP contribution in [0.1, 0.15) is 13.8 Å². The van der Waals surface area contributed by atoms with E-state index in [-0.39, 0.29) is 0 Å². The van der Waals surface area contributed by atoms with Gasteiger partial charge in [0.2, 0.25) is 11.8 Å². The molecule has 0 spiro atoms. The second-order valence-corrected chi connectivity index (χ2v) is 5.02. The minimum Gasteiger partial charge on any atom is -0.483 e. The monoisotopic (exact) mass is 331 g/mol. The predicted molar refractivity (Wildman–Crippen MR) is 70.2 cm³/mol.